The van der Waals surface area contributed by atoms with Gasteiger partial charge in [0.05, 0.1) is 16.9 Å². The van der Waals surface area contributed by atoms with E-state index in [-0.39, 0.29) is 26.9 Å². The van der Waals surface area contributed by atoms with Gasteiger partial charge in [0.25, 0.3) is 10.0 Å². The zero-order valence-corrected chi connectivity index (χ0v) is 11.7. The van der Waals surface area contributed by atoms with Gasteiger partial charge in [-0.05, 0) is 30.3 Å². The van der Waals surface area contributed by atoms with Gasteiger partial charge in [0.1, 0.15) is 11.0 Å². The molecule has 0 spiro atoms. The molecule has 0 amide bonds. The number of hydrogen-bond donors (Lipinski definition) is 2. The number of nitrogens with zero attached hydrogens (tertiary/aromatic N) is 1. The van der Waals surface area contributed by atoms with Crippen LogP contribution in [0.2, 0.25) is 5.02 Å². The van der Waals surface area contributed by atoms with Gasteiger partial charge in [0, 0.05) is 5.02 Å². The van der Waals surface area contributed by atoms with E-state index in [4.69, 9.17) is 22.6 Å². The molecule has 7 heteroatoms. The number of rotatable bonds is 3. The maximum absolute atomic E-state index is 12.3. The summed E-state index contributed by atoms with van der Waals surface area (Å²) in [5.41, 5.74) is 6.23. The Morgan fingerprint density at radius 3 is 2.55 bits per heavy atom. The number of para-hydroxylation sites is 2. The summed E-state index contributed by atoms with van der Waals surface area (Å²) in [7, 11) is -3.94. The molecule has 20 heavy (non-hydrogen) atoms. The van der Waals surface area contributed by atoms with Crippen molar-refractivity contribution >= 4 is 33.0 Å². The normalized spacial score (nSPS) is 10.8. The van der Waals surface area contributed by atoms with E-state index in [0.717, 1.165) is 0 Å². The van der Waals surface area contributed by atoms with Crippen LogP contribution in [0.1, 0.15) is 5.56 Å². The molecule has 0 aliphatic heterocycles. The van der Waals surface area contributed by atoms with Crippen molar-refractivity contribution < 1.29 is 8.42 Å². The highest BCUT2D eigenvalue weighted by Gasteiger charge is 2.20. The zero-order chi connectivity index (χ0) is 14.8. The third-order valence-electron chi connectivity index (χ3n) is 2.56. The highest BCUT2D eigenvalue weighted by atomic mass is 35.5. The Morgan fingerprint density at radius 1 is 1.20 bits per heavy atom. The topological polar surface area (TPSA) is 96.0 Å². The van der Waals surface area contributed by atoms with Crippen LogP contribution in [0.25, 0.3) is 0 Å². The minimum absolute atomic E-state index is 0.0106. The molecule has 0 radical (unpaired) electrons. The number of nitriles is 1. The molecule has 3 N–H and O–H groups in total. The molecule has 0 unspecified atom stereocenters. The van der Waals surface area contributed by atoms with Gasteiger partial charge in [-0.25, -0.2) is 8.42 Å². The van der Waals surface area contributed by atoms with Crippen LogP contribution in [0.4, 0.5) is 11.4 Å². The second kappa shape index (κ2) is 5.41. The van der Waals surface area contributed by atoms with Gasteiger partial charge in [-0.3, -0.25) is 4.72 Å². The lowest BCUT2D eigenvalue weighted by molar-refractivity contribution is 0.601. The van der Waals surface area contributed by atoms with E-state index in [9.17, 15) is 8.42 Å². The number of benzene rings is 2. The molecule has 2 aromatic carbocycles. The Hall–Kier alpha value is -2.23. The van der Waals surface area contributed by atoms with E-state index in [2.05, 4.69) is 4.72 Å². The molecule has 0 bridgehead atoms. The maximum atomic E-state index is 12.3. The fourth-order valence-electron chi connectivity index (χ4n) is 1.60. The average Bonchev–Trinajstić information content (AvgIpc) is 2.41. The smallest absolute Gasteiger partial charge is 0.263 e. The zero-order valence-electron chi connectivity index (χ0n) is 10.2. The summed E-state index contributed by atoms with van der Waals surface area (Å²) in [4.78, 5) is -0.184. The molecule has 0 atom stereocenters. The Kier molecular flexibility index (Phi) is 3.84. The predicted molar refractivity (Wildman–Crippen MR) is 77.8 cm³/mol. The monoisotopic (exact) mass is 307 g/mol. The highest BCUT2D eigenvalue weighted by molar-refractivity contribution is 7.92. The number of nitrogens with two attached hydrogens (primary N) is 1. The Morgan fingerprint density at radius 2 is 1.90 bits per heavy atom. The third-order valence-corrected chi connectivity index (χ3v) is 4.20. The molecule has 0 fully saturated rings. The van der Waals surface area contributed by atoms with Gasteiger partial charge in [-0.1, -0.05) is 23.7 Å². The van der Waals surface area contributed by atoms with Crippen LogP contribution in [-0.2, 0) is 10.0 Å². The Labute approximate surface area is 121 Å². The van der Waals surface area contributed by atoms with Crippen LogP contribution >= 0.6 is 11.6 Å². The molecule has 102 valence electrons. The number of sulfonamides is 1. The molecule has 0 saturated carbocycles. The summed E-state index contributed by atoms with van der Waals surface area (Å²) >= 11 is 5.79. The molecule has 0 aromatic heterocycles. The first kappa shape index (κ1) is 14.2. The van der Waals surface area contributed by atoms with Gasteiger partial charge >= 0.3 is 0 Å². The fourth-order valence-corrected chi connectivity index (χ4v) is 3.11. The van der Waals surface area contributed by atoms with Crippen LogP contribution < -0.4 is 10.5 Å². The summed E-state index contributed by atoms with van der Waals surface area (Å²) in [6, 6.07) is 12.3. The van der Waals surface area contributed by atoms with Crippen molar-refractivity contribution in [2.24, 2.45) is 0 Å². The van der Waals surface area contributed by atoms with E-state index in [1.165, 1.54) is 24.3 Å². The highest BCUT2D eigenvalue weighted by Crippen LogP contribution is 2.25. The first-order valence-electron chi connectivity index (χ1n) is 5.51. The molecule has 0 heterocycles. The summed E-state index contributed by atoms with van der Waals surface area (Å²) in [5.74, 6) is 0. The predicted octanol–water partition coefficient (Wildman–Crippen LogP) is 2.59. The fraction of sp³-hybridized carbons (Fsp3) is 0. The lowest BCUT2D eigenvalue weighted by Crippen LogP contribution is -2.15. The van der Waals surface area contributed by atoms with Crippen LogP contribution in [0.15, 0.2) is 47.4 Å². The summed E-state index contributed by atoms with van der Waals surface area (Å²) in [6.07, 6.45) is 0. The minimum atomic E-state index is -3.94. The molecule has 2 aromatic rings. The van der Waals surface area contributed by atoms with Crippen molar-refractivity contribution in [3.05, 3.63) is 53.1 Å². The number of nitrogen functional groups attached to an aromatic ring is 1. The van der Waals surface area contributed by atoms with E-state index in [1.807, 2.05) is 6.07 Å². The summed E-state index contributed by atoms with van der Waals surface area (Å²) < 4.78 is 27.0. The first-order chi connectivity index (χ1) is 9.44. The van der Waals surface area contributed by atoms with Crippen LogP contribution in [0, 0.1) is 11.3 Å². The number of nitrogens with one attached hydrogen (secondary N) is 1. The molecular weight excluding hydrogens is 298 g/mol. The van der Waals surface area contributed by atoms with Crippen molar-refractivity contribution in [2.75, 3.05) is 10.5 Å². The standard InChI is InChI=1S/C13H10ClN3O2S/c14-10-6-5-9(8-15)13(7-10)20(18,19)17-12-4-2-1-3-11(12)16/h1-7,17H,16H2. The lowest BCUT2D eigenvalue weighted by atomic mass is 10.2. The summed E-state index contributed by atoms with van der Waals surface area (Å²) in [6.45, 7) is 0. The molecule has 0 saturated heterocycles. The Bertz CT molecular complexity index is 798. The van der Waals surface area contributed by atoms with Crippen molar-refractivity contribution in [3.8, 4) is 6.07 Å². The van der Waals surface area contributed by atoms with E-state index >= 15 is 0 Å². The number of hydrogen-bond acceptors (Lipinski definition) is 4. The maximum Gasteiger partial charge on any atom is 0.263 e. The summed E-state index contributed by atoms with van der Waals surface area (Å²) in [5, 5.41) is 9.21. The van der Waals surface area contributed by atoms with Gasteiger partial charge in [-0.15, -0.1) is 0 Å². The van der Waals surface area contributed by atoms with Crippen molar-refractivity contribution in [1.82, 2.24) is 0 Å². The molecule has 0 aliphatic carbocycles. The van der Waals surface area contributed by atoms with Gasteiger partial charge in [0.2, 0.25) is 0 Å². The van der Waals surface area contributed by atoms with Crippen LogP contribution in [-0.4, -0.2) is 8.42 Å². The van der Waals surface area contributed by atoms with Crippen LogP contribution in [0.3, 0.4) is 0 Å². The Balaban J connectivity index is 2.49. The van der Waals surface area contributed by atoms with Gasteiger partial charge < -0.3 is 5.73 Å². The van der Waals surface area contributed by atoms with Gasteiger partial charge in [-0.2, -0.15) is 5.26 Å². The van der Waals surface area contributed by atoms with Crippen LogP contribution in [0.5, 0.6) is 0 Å². The number of anilines is 2. The van der Waals surface area contributed by atoms with E-state index in [0.29, 0.717) is 0 Å². The largest absolute Gasteiger partial charge is 0.397 e. The van der Waals surface area contributed by atoms with Crippen molar-refractivity contribution in [3.63, 3.8) is 0 Å². The number of halogens is 1. The molecular formula is C13H10ClN3O2S. The SMILES string of the molecule is N#Cc1ccc(Cl)cc1S(=O)(=O)Nc1ccccc1N. The average molecular weight is 308 g/mol. The molecule has 0 aliphatic rings. The van der Waals surface area contributed by atoms with Crippen molar-refractivity contribution in [1.29, 1.82) is 5.26 Å². The second-order valence-electron chi connectivity index (χ2n) is 3.95. The minimum Gasteiger partial charge on any atom is -0.397 e. The van der Waals surface area contributed by atoms with E-state index in [1.54, 1.807) is 18.2 Å². The third kappa shape index (κ3) is 2.85. The van der Waals surface area contributed by atoms with Gasteiger partial charge in [0.15, 0.2) is 0 Å². The van der Waals surface area contributed by atoms with E-state index < -0.39 is 10.0 Å². The molecule has 2 rings (SSSR count). The first-order valence-corrected chi connectivity index (χ1v) is 7.37. The quantitative estimate of drug-likeness (QED) is 0.852. The second-order valence-corrected chi connectivity index (χ2v) is 6.03. The molecule has 5 nitrogen and oxygen atoms in total. The van der Waals surface area contributed by atoms with Crippen molar-refractivity contribution in [2.45, 2.75) is 4.90 Å². The lowest BCUT2D eigenvalue weighted by Gasteiger charge is -2.11.